The normalized spacial score (nSPS) is 17.9. The van der Waals surface area contributed by atoms with Crippen molar-refractivity contribution in [1.82, 2.24) is 15.0 Å². The van der Waals surface area contributed by atoms with Crippen molar-refractivity contribution in [3.63, 3.8) is 0 Å². The lowest BCUT2D eigenvalue weighted by Crippen LogP contribution is -2.37. The van der Waals surface area contributed by atoms with Crippen LogP contribution in [0.3, 0.4) is 0 Å². The van der Waals surface area contributed by atoms with Gasteiger partial charge in [0.05, 0.1) is 23.7 Å². The maximum absolute atomic E-state index is 5.88. The molecule has 0 bridgehead atoms. The van der Waals surface area contributed by atoms with E-state index in [-0.39, 0.29) is 4.75 Å². The molecule has 0 atom stereocenters. The molecule has 7 heteroatoms. The van der Waals surface area contributed by atoms with Gasteiger partial charge in [-0.3, -0.25) is 4.98 Å². The first-order chi connectivity index (χ1) is 14.2. The number of nitrogens with zero attached hydrogens (tertiary/aromatic N) is 4. The Bertz CT molecular complexity index is 986. The second-order valence-corrected chi connectivity index (χ2v) is 8.89. The van der Waals surface area contributed by atoms with E-state index < -0.39 is 0 Å². The minimum atomic E-state index is 0.00783. The molecule has 0 amide bonds. The third-order valence-electron chi connectivity index (χ3n) is 5.35. The van der Waals surface area contributed by atoms with Crippen LogP contribution in [0.25, 0.3) is 11.4 Å². The molecule has 0 radical (unpaired) electrons. The molecule has 0 unspecified atom stereocenters. The van der Waals surface area contributed by atoms with Crippen LogP contribution in [0, 0.1) is 0 Å². The summed E-state index contributed by atoms with van der Waals surface area (Å²) in [4.78, 5) is 17.6. The Morgan fingerprint density at radius 2 is 1.69 bits per heavy atom. The molecule has 29 heavy (non-hydrogen) atoms. The number of aromatic nitrogens is 3. The molecule has 3 aromatic rings. The van der Waals surface area contributed by atoms with Crippen LogP contribution in [0.2, 0.25) is 0 Å². The zero-order chi connectivity index (χ0) is 19.7. The zero-order valence-electron chi connectivity index (χ0n) is 16.1. The Hall–Kier alpha value is -2.64. The van der Waals surface area contributed by atoms with Crippen molar-refractivity contribution in [2.24, 2.45) is 0 Å². The van der Waals surface area contributed by atoms with E-state index in [1.165, 1.54) is 4.90 Å². The highest BCUT2D eigenvalue weighted by molar-refractivity contribution is 8.00. The van der Waals surface area contributed by atoms with Gasteiger partial charge in [-0.1, -0.05) is 0 Å². The summed E-state index contributed by atoms with van der Waals surface area (Å²) < 4.78 is 5.54. The topological polar surface area (TPSA) is 77.2 Å². The summed E-state index contributed by atoms with van der Waals surface area (Å²) >= 11 is 1.88. The lowest BCUT2D eigenvalue weighted by molar-refractivity contribution is 0.122. The van der Waals surface area contributed by atoms with Crippen LogP contribution in [0.1, 0.15) is 18.5 Å². The average molecular weight is 406 g/mol. The molecule has 1 saturated heterocycles. The number of morpholine rings is 1. The lowest BCUT2D eigenvalue weighted by atomic mass is 10.1. The maximum Gasteiger partial charge on any atom is 0.161 e. The number of hydrogen-bond donors (Lipinski definition) is 1. The van der Waals surface area contributed by atoms with Crippen LogP contribution in [0.4, 0.5) is 11.5 Å². The number of nitrogen functional groups attached to an aromatic ring is 1. The number of rotatable bonds is 5. The molecule has 1 aromatic carbocycles. The first-order valence-electron chi connectivity index (χ1n) is 9.89. The van der Waals surface area contributed by atoms with Gasteiger partial charge in [0, 0.05) is 47.7 Å². The van der Waals surface area contributed by atoms with Crippen molar-refractivity contribution in [2.75, 3.05) is 36.9 Å². The van der Waals surface area contributed by atoms with Gasteiger partial charge in [0.15, 0.2) is 5.82 Å². The maximum atomic E-state index is 5.88. The number of anilines is 2. The highest BCUT2D eigenvalue weighted by atomic mass is 32.2. The van der Waals surface area contributed by atoms with E-state index in [4.69, 9.17) is 20.4 Å². The van der Waals surface area contributed by atoms with Crippen LogP contribution in [-0.2, 0) is 9.48 Å². The monoisotopic (exact) mass is 405 g/mol. The molecule has 1 aliphatic heterocycles. The molecule has 5 rings (SSSR count). The molecule has 1 aliphatic carbocycles. The molecule has 2 fully saturated rings. The molecule has 2 N–H and O–H groups in total. The Morgan fingerprint density at radius 3 is 2.38 bits per heavy atom. The van der Waals surface area contributed by atoms with Crippen molar-refractivity contribution < 1.29 is 4.74 Å². The molecule has 3 heterocycles. The molecular formula is C22H23N5OS. The average Bonchev–Trinajstić information content (AvgIpc) is 3.56. The first kappa shape index (κ1) is 18.4. The number of ether oxygens (including phenoxy) is 1. The third-order valence-corrected chi connectivity index (χ3v) is 6.87. The van der Waals surface area contributed by atoms with Crippen molar-refractivity contribution in [3.8, 4) is 11.4 Å². The fourth-order valence-corrected chi connectivity index (χ4v) is 4.76. The van der Waals surface area contributed by atoms with Crippen molar-refractivity contribution in [2.45, 2.75) is 22.5 Å². The Balaban J connectivity index is 1.55. The predicted molar refractivity (Wildman–Crippen MR) is 116 cm³/mol. The van der Waals surface area contributed by atoms with E-state index in [9.17, 15) is 0 Å². The van der Waals surface area contributed by atoms with E-state index in [1.807, 2.05) is 48.4 Å². The van der Waals surface area contributed by atoms with Gasteiger partial charge < -0.3 is 15.4 Å². The van der Waals surface area contributed by atoms with Crippen LogP contribution in [0.5, 0.6) is 0 Å². The second-order valence-electron chi connectivity index (χ2n) is 7.44. The van der Waals surface area contributed by atoms with Gasteiger partial charge in [-0.05, 0) is 49.2 Å². The predicted octanol–water partition coefficient (Wildman–Crippen LogP) is 3.74. The number of hydrogen-bond acceptors (Lipinski definition) is 7. The minimum absolute atomic E-state index is 0.00783. The van der Waals surface area contributed by atoms with E-state index in [1.54, 1.807) is 0 Å². The Morgan fingerprint density at radius 1 is 0.966 bits per heavy atom. The summed E-state index contributed by atoms with van der Waals surface area (Å²) in [6.45, 7) is 3.16. The van der Waals surface area contributed by atoms with Gasteiger partial charge in [-0.25, -0.2) is 9.97 Å². The van der Waals surface area contributed by atoms with Crippen molar-refractivity contribution in [3.05, 3.63) is 60.6 Å². The summed E-state index contributed by atoms with van der Waals surface area (Å²) in [6, 6.07) is 14.1. The molecule has 2 aliphatic rings. The smallest absolute Gasteiger partial charge is 0.161 e. The Kier molecular flexibility index (Phi) is 4.85. The third kappa shape index (κ3) is 3.93. The van der Waals surface area contributed by atoms with E-state index in [0.29, 0.717) is 0 Å². The Labute approximate surface area is 174 Å². The zero-order valence-corrected chi connectivity index (χ0v) is 16.9. The SMILES string of the molecule is Nc1ccc(-c2nc(N3CCOCC3)cc(C3(Sc4ccncc4)CC3)n2)cc1. The number of nitrogens with two attached hydrogens (primary N) is 1. The van der Waals surface area contributed by atoms with E-state index in [0.717, 1.165) is 67.7 Å². The van der Waals surface area contributed by atoms with Crippen LogP contribution in [-0.4, -0.2) is 41.3 Å². The van der Waals surface area contributed by atoms with Crippen LogP contribution >= 0.6 is 11.8 Å². The summed E-state index contributed by atoms with van der Waals surface area (Å²) in [7, 11) is 0. The van der Waals surface area contributed by atoms with Crippen LogP contribution in [0.15, 0.2) is 59.8 Å². The summed E-state index contributed by atoms with van der Waals surface area (Å²) in [5.41, 5.74) is 8.70. The van der Waals surface area contributed by atoms with Crippen LogP contribution < -0.4 is 10.6 Å². The molecule has 148 valence electrons. The first-order valence-corrected chi connectivity index (χ1v) is 10.7. The van der Waals surface area contributed by atoms with Gasteiger partial charge in [0.2, 0.25) is 0 Å². The highest BCUT2D eigenvalue weighted by Gasteiger charge is 2.47. The van der Waals surface area contributed by atoms with Gasteiger partial charge in [0.25, 0.3) is 0 Å². The van der Waals surface area contributed by atoms with E-state index in [2.05, 4.69) is 28.1 Å². The number of pyridine rings is 1. The van der Waals surface area contributed by atoms with Gasteiger partial charge in [-0.2, -0.15) is 0 Å². The summed E-state index contributed by atoms with van der Waals surface area (Å²) in [5, 5.41) is 0. The molecule has 1 saturated carbocycles. The van der Waals surface area contributed by atoms with Gasteiger partial charge in [-0.15, -0.1) is 11.8 Å². The van der Waals surface area contributed by atoms with Gasteiger partial charge >= 0.3 is 0 Å². The van der Waals surface area contributed by atoms with Crippen molar-refractivity contribution >= 4 is 23.3 Å². The highest BCUT2D eigenvalue weighted by Crippen LogP contribution is 2.59. The standard InChI is InChI=1S/C22H23N5OS/c23-17-3-1-16(2-4-17)21-25-19(15-20(26-21)27-11-13-28-14-12-27)22(7-8-22)29-18-5-9-24-10-6-18/h1-6,9-10,15H,7-8,11-14,23H2. The number of benzene rings is 1. The minimum Gasteiger partial charge on any atom is -0.399 e. The quantitative estimate of drug-likeness (QED) is 0.648. The fraction of sp³-hybridized carbons (Fsp3) is 0.318. The molecular weight excluding hydrogens is 382 g/mol. The van der Waals surface area contributed by atoms with Gasteiger partial charge in [0.1, 0.15) is 5.82 Å². The molecule has 2 aromatic heterocycles. The summed E-state index contributed by atoms with van der Waals surface area (Å²) in [6.07, 6.45) is 5.91. The molecule has 6 nitrogen and oxygen atoms in total. The lowest BCUT2D eigenvalue weighted by Gasteiger charge is -2.29. The summed E-state index contributed by atoms with van der Waals surface area (Å²) in [5.74, 6) is 1.73. The number of thioether (sulfide) groups is 1. The molecule has 0 spiro atoms. The largest absolute Gasteiger partial charge is 0.399 e. The van der Waals surface area contributed by atoms with Crippen molar-refractivity contribution in [1.29, 1.82) is 0 Å². The van der Waals surface area contributed by atoms with E-state index >= 15 is 0 Å². The fourth-order valence-electron chi connectivity index (χ4n) is 3.54. The second kappa shape index (κ2) is 7.65.